The van der Waals surface area contributed by atoms with E-state index in [2.05, 4.69) is 6.92 Å². The Morgan fingerprint density at radius 1 is 0.941 bits per heavy atom. The van der Waals surface area contributed by atoms with E-state index in [1.165, 1.54) is 70.0 Å². The van der Waals surface area contributed by atoms with Crippen LogP contribution >= 0.6 is 11.8 Å². The highest BCUT2D eigenvalue weighted by Crippen LogP contribution is 2.30. The number of thioether (sulfide) groups is 1. The fourth-order valence-corrected chi connectivity index (χ4v) is 3.94. The summed E-state index contributed by atoms with van der Waals surface area (Å²) in [5, 5.41) is 10.2. The average Bonchev–Trinajstić information content (AvgIpc) is 2.73. The first-order valence-electron chi connectivity index (χ1n) is 7.64. The smallest absolute Gasteiger partial charge is 0.0658 e. The van der Waals surface area contributed by atoms with Crippen molar-refractivity contribution in [2.75, 3.05) is 5.75 Å². The minimum Gasteiger partial charge on any atom is -0.392 e. The molecule has 0 unspecified atom stereocenters. The van der Waals surface area contributed by atoms with Crippen LogP contribution in [0.15, 0.2) is 0 Å². The third kappa shape index (κ3) is 7.35. The summed E-state index contributed by atoms with van der Waals surface area (Å²) >= 11 is 2.01. The molecule has 1 aliphatic rings. The quantitative estimate of drug-likeness (QED) is 0.569. The van der Waals surface area contributed by atoms with Gasteiger partial charge in [0.2, 0.25) is 0 Å². The van der Waals surface area contributed by atoms with Crippen molar-refractivity contribution in [3.8, 4) is 0 Å². The Labute approximate surface area is 112 Å². The molecule has 1 saturated carbocycles. The highest BCUT2D eigenvalue weighted by Gasteiger charge is 2.24. The summed E-state index contributed by atoms with van der Waals surface area (Å²) in [5.41, 5.74) is 0. The monoisotopic (exact) mass is 258 g/mol. The molecule has 2 atom stereocenters. The maximum atomic E-state index is 9.69. The molecular weight excluding hydrogens is 228 g/mol. The summed E-state index contributed by atoms with van der Waals surface area (Å²) in [7, 11) is 0. The molecule has 102 valence electrons. The van der Waals surface area contributed by atoms with Crippen molar-refractivity contribution in [2.24, 2.45) is 0 Å². The largest absolute Gasteiger partial charge is 0.392 e. The van der Waals surface area contributed by atoms with Gasteiger partial charge in [0, 0.05) is 5.25 Å². The summed E-state index contributed by atoms with van der Waals surface area (Å²) < 4.78 is 0. The Kier molecular flexibility index (Phi) is 9.27. The van der Waals surface area contributed by atoms with Crippen molar-refractivity contribution < 1.29 is 5.11 Å². The van der Waals surface area contributed by atoms with Crippen molar-refractivity contribution in [2.45, 2.75) is 88.9 Å². The fraction of sp³-hybridized carbons (Fsp3) is 1.00. The lowest BCUT2D eigenvalue weighted by Gasteiger charge is -2.13. The van der Waals surface area contributed by atoms with Crippen LogP contribution in [-0.4, -0.2) is 22.2 Å². The zero-order valence-corrected chi connectivity index (χ0v) is 12.3. The van der Waals surface area contributed by atoms with E-state index in [1.807, 2.05) is 11.8 Å². The lowest BCUT2D eigenvalue weighted by Crippen LogP contribution is -2.15. The second-order valence-corrected chi connectivity index (χ2v) is 6.73. The van der Waals surface area contributed by atoms with Gasteiger partial charge in [-0.3, -0.25) is 0 Å². The molecule has 0 spiro atoms. The van der Waals surface area contributed by atoms with Gasteiger partial charge >= 0.3 is 0 Å². The first kappa shape index (κ1) is 15.4. The van der Waals surface area contributed by atoms with Gasteiger partial charge in [0.25, 0.3) is 0 Å². The van der Waals surface area contributed by atoms with Gasteiger partial charge in [0.05, 0.1) is 6.10 Å². The SMILES string of the molecule is CCCCCCCCCCS[C@@H]1CCC[C@H]1O. The van der Waals surface area contributed by atoms with Gasteiger partial charge in [0.15, 0.2) is 0 Å². The molecule has 0 radical (unpaired) electrons. The summed E-state index contributed by atoms with van der Waals surface area (Å²) in [5.74, 6) is 1.26. The second-order valence-electron chi connectivity index (χ2n) is 5.38. The summed E-state index contributed by atoms with van der Waals surface area (Å²) in [6.07, 6.45) is 14.7. The van der Waals surface area contributed by atoms with E-state index in [4.69, 9.17) is 0 Å². The molecule has 0 aromatic rings. The van der Waals surface area contributed by atoms with Crippen LogP contribution in [0.5, 0.6) is 0 Å². The van der Waals surface area contributed by atoms with Crippen molar-refractivity contribution in [1.29, 1.82) is 0 Å². The molecular formula is C15H30OS. The first-order chi connectivity index (χ1) is 8.34. The van der Waals surface area contributed by atoms with Crippen LogP contribution in [0.2, 0.25) is 0 Å². The van der Waals surface area contributed by atoms with Gasteiger partial charge in [-0.25, -0.2) is 0 Å². The maximum Gasteiger partial charge on any atom is 0.0658 e. The lowest BCUT2D eigenvalue weighted by molar-refractivity contribution is 0.188. The van der Waals surface area contributed by atoms with E-state index in [1.54, 1.807) is 0 Å². The molecule has 17 heavy (non-hydrogen) atoms. The van der Waals surface area contributed by atoms with Gasteiger partial charge in [-0.1, -0.05) is 51.9 Å². The van der Waals surface area contributed by atoms with E-state index in [0.717, 1.165) is 6.42 Å². The Hall–Kier alpha value is 0.310. The van der Waals surface area contributed by atoms with Gasteiger partial charge < -0.3 is 5.11 Å². The number of unbranched alkanes of at least 4 members (excludes halogenated alkanes) is 7. The van der Waals surface area contributed by atoms with E-state index < -0.39 is 0 Å². The Balaban J connectivity index is 1.78. The fourth-order valence-electron chi connectivity index (χ4n) is 2.57. The summed E-state index contributed by atoms with van der Waals surface area (Å²) in [4.78, 5) is 0. The molecule has 1 N–H and O–H groups in total. The molecule has 0 amide bonds. The number of aliphatic hydroxyl groups is 1. The number of hydrogen-bond donors (Lipinski definition) is 1. The predicted octanol–water partition coefficient (Wildman–Crippen LogP) is 4.77. The minimum atomic E-state index is -0.00551. The highest BCUT2D eigenvalue weighted by molar-refractivity contribution is 7.99. The van der Waals surface area contributed by atoms with Crippen LogP contribution in [-0.2, 0) is 0 Å². The zero-order chi connectivity index (χ0) is 12.3. The van der Waals surface area contributed by atoms with Crippen LogP contribution in [0.4, 0.5) is 0 Å². The highest BCUT2D eigenvalue weighted by atomic mass is 32.2. The number of rotatable bonds is 10. The standard InChI is InChI=1S/C15H30OS/c1-2-3-4-5-6-7-8-9-13-17-15-12-10-11-14(15)16/h14-16H,2-13H2,1H3/t14-,15-/m1/s1. The molecule has 2 heteroatoms. The van der Waals surface area contributed by atoms with E-state index >= 15 is 0 Å². The van der Waals surface area contributed by atoms with Gasteiger partial charge in [-0.05, 0) is 31.4 Å². The van der Waals surface area contributed by atoms with Crippen molar-refractivity contribution in [3.05, 3.63) is 0 Å². The number of hydrogen-bond acceptors (Lipinski definition) is 2. The molecule has 1 aliphatic carbocycles. The van der Waals surface area contributed by atoms with Gasteiger partial charge in [-0.2, -0.15) is 11.8 Å². The predicted molar refractivity (Wildman–Crippen MR) is 78.7 cm³/mol. The molecule has 0 heterocycles. The van der Waals surface area contributed by atoms with Crippen molar-refractivity contribution in [3.63, 3.8) is 0 Å². The van der Waals surface area contributed by atoms with Crippen molar-refractivity contribution >= 4 is 11.8 Å². The number of aliphatic hydroxyl groups excluding tert-OH is 1. The topological polar surface area (TPSA) is 20.2 Å². The third-order valence-corrected chi connectivity index (χ3v) is 5.25. The molecule has 1 fully saturated rings. The molecule has 0 saturated heterocycles. The van der Waals surface area contributed by atoms with Crippen LogP contribution in [0.25, 0.3) is 0 Å². The van der Waals surface area contributed by atoms with E-state index in [-0.39, 0.29) is 6.10 Å². The molecule has 1 nitrogen and oxygen atoms in total. The van der Waals surface area contributed by atoms with Crippen LogP contribution in [0, 0.1) is 0 Å². The van der Waals surface area contributed by atoms with Gasteiger partial charge in [0.1, 0.15) is 0 Å². The second kappa shape index (κ2) is 10.3. The van der Waals surface area contributed by atoms with E-state index in [9.17, 15) is 5.11 Å². The van der Waals surface area contributed by atoms with Crippen LogP contribution in [0.3, 0.4) is 0 Å². The molecule has 0 aromatic heterocycles. The third-order valence-electron chi connectivity index (χ3n) is 3.75. The molecule has 0 aromatic carbocycles. The summed E-state index contributed by atoms with van der Waals surface area (Å²) in [6, 6.07) is 0. The minimum absolute atomic E-state index is 0.00551. The average molecular weight is 258 g/mol. The molecule has 1 rings (SSSR count). The zero-order valence-electron chi connectivity index (χ0n) is 11.5. The van der Waals surface area contributed by atoms with Gasteiger partial charge in [-0.15, -0.1) is 0 Å². The summed E-state index contributed by atoms with van der Waals surface area (Å²) in [6.45, 7) is 2.27. The molecule has 0 aliphatic heterocycles. The van der Waals surface area contributed by atoms with Crippen LogP contribution < -0.4 is 0 Å². The maximum absolute atomic E-state index is 9.69. The lowest BCUT2D eigenvalue weighted by atomic mass is 10.1. The Morgan fingerprint density at radius 3 is 2.18 bits per heavy atom. The van der Waals surface area contributed by atoms with Crippen molar-refractivity contribution in [1.82, 2.24) is 0 Å². The Morgan fingerprint density at radius 2 is 1.59 bits per heavy atom. The Bertz CT molecular complexity index is 172. The first-order valence-corrected chi connectivity index (χ1v) is 8.69. The van der Waals surface area contributed by atoms with E-state index in [0.29, 0.717) is 5.25 Å². The molecule has 0 bridgehead atoms. The normalized spacial score (nSPS) is 24.4. The van der Waals surface area contributed by atoms with Crippen LogP contribution in [0.1, 0.15) is 77.6 Å².